The van der Waals surface area contributed by atoms with Crippen LogP contribution in [0.15, 0.2) is 18.2 Å². The van der Waals surface area contributed by atoms with Crippen molar-refractivity contribution in [1.82, 2.24) is 0 Å². The summed E-state index contributed by atoms with van der Waals surface area (Å²) in [6, 6.07) is 5.08. The molecule has 0 unspecified atom stereocenters. The van der Waals surface area contributed by atoms with E-state index in [0.717, 1.165) is 18.2 Å². The lowest BCUT2D eigenvalue weighted by atomic mass is 10.0. The number of rotatable bonds is 5. The van der Waals surface area contributed by atoms with Crippen molar-refractivity contribution >= 4 is 17.3 Å². The van der Waals surface area contributed by atoms with Crippen LogP contribution in [-0.2, 0) is 0 Å². The molecule has 2 aliphatic carbocycles. The smallest absolute Gasteiger partial charge is 0.337 e. The van der Waals surface area contributed by atoms with E-state index < -0.39 is 5.97 Å². The number of hydrogen-bond acceptors (Lipinski definition) is 3. The first-order valence-corrected chi connectivity index (χ1v) is 6.47. The van der Waals surface area contributed by atoms with Crippen LogP contribution in [0.25, 0.3) is 0 Å². The van der Waals surface area contributed by atoms with Crippen molar-refractivity contribution in [3.8, 4) is 0 Å². The molecule has 2 aliphatic rings. The van der Waals surface area contributed by atoms with Gasteiger partial charge in [0.2, 0.25) is 0 Å². The molecule has 0 heterocycles. The number of carboxylic acid groups (broad SMARTS) is 1. The van der Waals surface area contributed by atoms with Gasteiger partial charge in [-0.05, 0) is 55.2 Å². The van der Waals surface area contributed by atoms with Gasteiger partial charge in [-0.15, -0.1) is 0 Å². The number of benzene rings is 1. The normalized spacial score (nSPS) is 20.4. The molecule has 1 aromatic rings. The molecule has 0 spiro atoms. The third kappa shape index (κ3) is 2.03. The summed E-state index contributed by atoms with van der Waals surface area (Å²) in [4.78, 5) is 10.9. The number of nitrogens with one attached hydrogen (secondary N) is 1. The summed E-state index contributed by atoms with van der Waals surface area (Å²) in [5.74, 6) is -0.0590. The van der Waals surface area contributed by atoms with Gasteiger partial charge >= 0.3 is 5.97 Å². The predicted octanol–water partition coefficient (Wildman–Crippen LogP) is 2.57. The molecule has 0 bridgehead atoms. The summed E-state index contributed by atoms with van der Waals surface area (Å²) in [5.41, 5.74) is 7.67. The maximum absolute atomic E-state index is 10.9. The minimum Gasteiger partial charge on any atom is -0.478 e. The summed E-state index contributed by atoms with van der Waals surface area (Å²) < 4.78 is 0. The highest BCUT2D eigenvalue weighted by Gasteiger charge is 2.53. The first-order chi connectivity index (χ1) is 8.61. The number of nitrogen functional groups attached to an aromatic ring is 1. The minimum absolute atomic E-state index is 0.170. The SMILES string of the molecule is Nc1cc(NCC2(C3CC3)CC2)ccc1C(=O)O. The fourth-order valence-corrected chi connectivity index (χ4v) is 2.73. The highest BCUT2D eigenvalue weighted by Crippen LogP contribution is 2.61. The monoisotopic (exact) mass is 246 g/mol. The maximum Gasteiger partial charge on any atom is 0.337 e. The molecule has 18 heavy (non-hydrogen) atoms. The van der Waals surface area contributed by atoms with E-state index in [1.54, 1.807) is 18.2 Å². The average Bonchev–Trinajstić information content (AvgIpc) is 3.17. The lowest BCUT2D eigenvalue weighted by Crippen LogP contribution is -2.17. The Labute approximate surface area is 106 Å². The molecule has 0 aromatic heterocycles. The lowest BCUT2D eigenvalue weighted by Gasteiger charge is -2.16. The zero-order chi connectivity index (χ0) is 12.8. The number of carbonyl (C=O) groups is 1. The summed E-state index contributed by atoms with van der Waals surface area (Å²) >= 11 is 0. The van der Waals surface area contributed by atoms with Crippen molar-refractivity contribution < 1.29 is 9.90 Å². The van der Waals surface area contributed by atoms with Crippen molar-refractivity contribution in [2.75, 3.05) is 17.6 Å². The molecule has 4 nitrogen and oxygen atoms in total. The highest BCUT2D eigenvalue weighted by molar-refractivity contribution is 5.94. The van der Waals surface area contributed by atoms with Crippen molar-refractivity contribution in [2.24, 2.45) is 11.3 Å². The predicted molar refractivity (Wildman–Crippen MR) is 70.7 cm³/mol. The van der Waals surface area contributed by atoms with Crippen molar-refractivity contribution in [1.29, 1.82) is 0 Å². The first-order valence-electron chi connectivity index (χ1n) is 6.47. The van der Waals surface area contributed by atoms with E-state index in [1.807, 2.05) is 0 Å². The zero-order valence-corrected chi connectivity index (χ0v) is 10.3. The van der Waals surface area contributed by atoms with E-state index in [0.29, 0.717) is 11.1 Å². The Bertz CT molecular complexity index is 491. The Kier molecular flexibility index (Phi) is 2.47. The van der Waals surface area contributed by atoms with Crippen LogP contribution in [0, 0.1) is 11.3 Å². The van der Waals surface area contributed by atoms with Gasteiger partial charge in [0.25, 0.3) is 0 Å². The Morgan fingerprint density at radius 3 is 2.67 bits per heavy atom. The summed E-state index contributed by atoms with van der Waals surface area (Å²) in [7, 11) is 0. The van der Waals surface area contributed by atoms with Gasteiger partial charge in [-0.1, -0.05) is 0 Å². The van der Waals surface area contributed by atoms with Crippen molar-refractivity contribution in [3.05, 3.63) is 23.8 Å². The van der Waals surface area contributed by atoms with Gasteiger partial charge in [0.05, 0.1) is 5.56 Å². The molecule has 0 atom stereocenters. The second kappa shape index (κ2) is 3.90. The van der Waals surface area contributed by atoms with Crippen LogP contribution >= 0.6 is 0 Å². The molecule has 0 aliphatic heterocycles. The van der Waals surface area contributed by atoms with E-state index in [9.17, 15) is 4.79 Å². The van der Waals surface area contributed by atoms with Crippen LogP contribution in [0.3, 0.4) is 0 Å². The highest BCUT2D eigenvalue weighted by atomic mass is 16.4. The van der Waals surface area contributed by atoms with Gasteiger partial charge in [-0.25, -0.2) is 4.79 Å². The third-order valence-electron chi connectivity index (χ3n) is 4.26. The molecule has 2 fully saturated rings. The van der Waals surface area contributed by atoms with Crippen LogP contribution in [0.4, 0.5) is 11.4 Å². The standard InChI is InChI=1S/C14H18N2O2/c15-12-7-10(3-4-11(12)13(17)18)16-8-14(5-6-14)9-1-2-9/h3-4,7,9,16H,1-2,5-6,8,15H2,(H,17,18). The second-order valence-corrected chi connectivity index (χ2v) is 5.60. The number of hydrogen-bond donors (Lipinski definition) is 3. The first kappa shape index (κ1) is 11.4. The summed E-state index contributed by atoms with van der Waals surface area (Å²) in [6.45, 7) is 0.990. The van der Waals surface area contributed by atoms with Gasteiger partial charge in [0.15, 0.2) is 0 Å². The fourth-order valence-electron chi connectivity index (χ4n) is 2.73. The quantitative estimate of drug-likeness (QED) is 0.698. The Morgan fingerprint density at radius 1 is 1.44 bits per heavy atom. The molecule has 0 amide bonds. The van der Waals surface area contributed by atoms with E-state index in [1.165, 1.54) is 25.7 Å². The second-order valence-electron chi connectivity index (χ2n) is 5.60. The topological polar surface area (TPSA) is 75.3 Å². The molecule has 4 N–H and O–H groups in total. The molecule has 4 heteroatoms. The average molecular weight is 246 g/mol. The zero-order valence-electron chi connectivity index (χ0n) is 10.3. The van der Waals surface area contributed by atoms with Crippen molar-refractivity contribution in [3.63, 3.8) is 0 Å². The van der Waals surface area contributed by atoms with Crippen molar-refractivity contribution in [2.45, 2.75) is 25.7 Å². The van der Waals surface area contributed by atoms with E-state index in [2.05, 4.69) is 5.32 Å². The van der Waals surface area contributed by atoms with E-state index in [-0.39, 0.29) is 5.56 Å². The Balaban J connectivity index is 1.66. The van der Waals surface area contributed by atoms with Crippen LogP contribution < -0.4 is 11.1 Å². The minimum atomic E-state index is -0.976. The van der Waals surface area contributed by atoms with Crippen LogP contribution in [0.1, 0.15) is 36.0 Å². The van der Waals surface area contributed by atoms with Gasteiger partial charge in [0, 0.05) is 17.9 Å². The van der Waals surface area contributed by atoms with Crippen LogP contribution in [0.2, 0.25) is 0 Å². The van der Waals surface area contributed by atoms with E-state index >= 15 is 0 Å². The number of carboxylic acids is 1. The molecule has 1 aromatic carbocycles. The fraction of sp³-hybridized carbons (Fsp3) is 0.500. The van der Waals surface area contributed by atoms with Gasteiger partial charge in [-0.3, -0.25) is 0 Å². The van der Waals surface area contributed by atoms with Gasteiger partial charge in [-0.2, -0.15) is 0 Å². The molecular formula is C14H18N2O2. The van der Waals surface area contributed by atoms with Crippen LogP contribution in [0.5, 0.6) is 0 Å². The molecule has 2 saturated carbocycles. The van der Waals surface area contributed by atoms with Gasteiger partial charge < -0.3 is 16.2 Å². The largest absolute Gasteiger partial charge is 0.478 e. The molecule has 0 saturated heterocycles. The van der Waals surface area contributed by atoms with Crippen LogP contribution in [-0.4, -0.2) is 17.6 Å². The summed E-state index contributed by atoms with van der Waals surface area (Å²) in [5, 5.41) is 12.3. The maximum atomic E-state index is 10.9. The Hall–Kier alpha value is -1.71. The molecule has 3 rings (SSSR count). The Morgan fingerprint density at radius 2 is 2.17 bits per heavy atom. The van der Waals surface area contributed by atoms with Gasteiger partial charge in [0.1, 0.15) is 0 Å². The third-order valence-corrected chi connectivity index (χ3v) is 4.26. The van der Waals surface area contributed by atoms with E-state index in [4.69, 9.17) is 10.8 Å². The molecule has 0 radical (unpaired) electrons. The molecular weight excluding hydrogens is 228 g/mol. The number of nitrogens with two attached hydrogens (primary N) is 1. The molecule has 96 valence electrons. The number of aromatic carboxylic acids is 1. The lowest BCUT2D eigenvalue weighted by molar-refractivity contribution is 0.0698. The summed E-state index contributed by atoms with van der Waals surface area (Å²) in [6.07, 6.45) is 5.41. The number of anilines is 2.